The first kappa shape index (κ1) is 28.1. The minimum Gasteiger partial charge on any atom is -0.481 e. The highest BCUT2D eigenvalue weighted by molar-refractivity contribution is 5.82. The predicted molar refractivity (Wildman–Crippen MR) is 125 cm³/mol. The zero-order chi connectivity index (χ0) is 27.0. The van der Waals surface area contributed by atoms with E-state index in [-0.39, 0.29) is 30.4 Å². The van der Waals surface area contributed by atoms with Crippen LogP contribution in [0.2, 0.25) is 0 Å². The lowest BCUT2D eigenvalue weighted by molar-refractivity contribution is -0.192. The van der Waals surface area contributed by atoms with E-state index in [2.05, 4.69) is 15.6 Å². The second-order valence-corrected chi connectivity index (χ2v) is 8.35. The van der Waals surface area contributed by atoms with E-state index in [0.717, 1.165) is 24.9 Å². The van der Waals surface area contributed by atoms with Crippen molar-refractivity contribution >= 4 is 17.7 Å². The molecule has 202 valence electrons. The van der Waals surface area contributed by atoms with Crippen LogP contribution in [-0.4, -0.2) is 67.5 Å². The Morgan fingerprint density at radius 3 is 2.59 bits per heavy atom. The Morgan fingerprint density at radius 1 is 1.30 bits per heavy atom. The number of hydrogen-bond donors (Lipinski definition) is 3. The van der Waals surface area contributed by atoms with Crippen molar-refractivity contribution in [2.75, 3.05) is 38.3 Å². The lowest BCUT2D eigenvalue weighted by Gasteiger charge is -2.34. The molecule has 3 N–H and O–H groups in total. The number of ether oxygens (including phenoxy) is 2. The molecule has 13 heteroatoms. The Hall–Kier alpha value is -3.45. The highest BCUT2D eigenvalue weighted by Gasteiger charge is 2.38. The van der Waals surface area contributed by atoms with Gasteiger partial charge >= 0.3 is 12.1 Å². The minimum absolute atomic E-state index is 0.0853. The molecule has 2 saturated heterocycles. The normalized spacial score (nSPS) is 19.5. The average molecular weight is 529 g/mol. The highest BCUT2D eigenvalue weighted by atomic mass is 19.4. The third-order valence-corrected chi connectivity index (χ3v) is 5.80. The van der Waals surface area contributed by atoms with Gasteiger partial charge < -0.3 is 30.1 Å². The van der Waals surface area contributed by atoms with Crippen molar-refractivity contribution in [2.45, 2.75) is 37.7 Å². The molecule has 1 amide bonds. The summed E-state index contributed by atoms with van der Waals surface area (Å²) >= 11 is 0. The summed E-state index contributed by atoms with van der Waals surface area (Å²) in [5.74, 6) is -2.73. The molecule has 1 aromatic carbocycles. The molecule has 0 bridgehead atoms. The Balaban J connectivity index is 0.000000479. The quantitative estimate of drug-likeness (QED) is 0.491. The standard InChI is InChI=1S/C22H27FN4O3.C2HF3O2/c1-29-22-16(13-25-21(28)18-8-5-9-24-18)12-17(23)20(26-22)27-10-11-30-19(14-27)15-6-3-2-4-7-15;3-2(4,5)1(6)7/h2-4,6-7,12,18-19,24H,5,8-11,13-14H2,1H3,(H,25,28);(H,6,7)/t18-,19?;/m0./s1. The maximum absolute atomic E-state index is 15.0. The smallest absolute Gasteiger partial charge is 0.481 e. The third-order valence-electron chi connectivity index (χ3n) is 5.80. The fraction of sp³-hybridized carbons (Fsp3) is 0.458. The van der Waals surface area contributed by atoms with Gasteiger partial charge in [0, 0.05) is 25.2 Å². The fourth-order valence-electron chi connectivity index (χ4n) is 3.95. The zero-order valence-electron chi connectivity index (χ0n) is 20.1. The zero-order valence-corrected chi connectivity index (χ0v) is 20.1. The summed E-state index contributed by atoms with van der Waals surface area (Å²) in [5.41, 5.74) is 1.56. The number of methoxy groups -OCH3 is 1. The van der Waals surface area contributed by atoms with E-state index in [1.807, 2.05) is 35.2 Å². The summed E-state index contributed by atoms with van der Waals surface area (Å²) in [5, 5.41) is 13.1. The molecule has 0 aliphatic carbocycles. The molecular weight excluding hydrogens is 500 g/mol. The summed E-state index contributed by atoms with van der Waals surface area (Å²) in [7, 11) is 1.50. The average Bonchev–Trinajstić information content (AvgIpc) is 3.43. The largest absolute Gasteiger partial charge is 0.490 e. The number of aromatic nitrogens is 1. The van der Waals surface area contributed by atoms with Gasteiger partial charge in [0.2, 0.25) is 11.8 Å². The molecule has 0 spiro atoms. The molecule has 4 rings (SSSR count). The molecule has 2 fully saturated rings. The number of halogens is 4. The number of morpholine rings is 1. The SMILES string of the molecule is COc1nc(N2CCOC(c3ccccc3)C2)c(F)cc1CNC(=O)[C@@H]1CCCN1.O=C(O)C(F)(F)F. The van der Waals surface area contributed by atoms with Crippen LogP contribution < -0.4 is 20.3 Å². The van der Waals surface area contributed by atoms with Crippen molar-refractivity contribution in [2.24, 2.45) is 0 Å². The van der Waals surface area contributed by atoms with Gasteiger partial charge in [0.1, 0.15) is 6.10 Å². The van der Waals surface area contributed by atoms with Crippen LogP contribution in [0.25, 0.3) is 0 Å². The van der Waals surface area contributed by atoms with Gasteiger partial charge in [-0.3, -0.25) is 4.79 Å². The van der Waals surface area contributed by atoms with Crippen LogP contribution in [0.4, 0.5) is 23.4 Å². The number of amides is 1. The number of rotatable bonds is 6. The summed E-state index contributed by atoms with van der Waals surface area (Å²) in [6.07, 6.45) is -3.44. The van der Waals surface area contributed by atoms with E-state index in [0.29, 0.717) is 31.1 Å². The number of benzene rings is 1. The molecule has 37 heavy (non-hydrogen) atoms. The van der Waals surface area contributed by atoms with Gasteiger partial charge in [-0.1, -0.05) is 30.3 Å². The first-order valence-electron chi connectivity index (χ1n) is 11.6. The van der Waals surface area contributed by atoms with Gasteiger partial charge in [-0.25, -0.2) is 9.18 Å². The van der Waals surface area contributed by atoms with E-state index in [1.165, 1.54) is 13.2 Å². The van der Waals surface area contributed by atoms with E-state index in [1.54, 1.807) is 0 Å². The third kappa shape index (κ3) is 7.76. The molecule has 0 saturated carbocycles. The number of anilines is 1. The van der Waals surface area contributed by atoms with Gasteiger partial charge in [-0.05, 0) is 31.0 Å². The second kappa shape index (κ2) is 12.7. The lowest BCUT2D eigenvalue weighted by atomic mass is 10.1. The molecule has 0 radical (unpaired) electrons. The molecule has 1 unspecified atom stereocenters. The van der Waals surface area contributed by atoms with Gasteiger partial charge in [0.25, 0.3) is 0 Å². The molecule has 2 atom stereocenters. The van der Waals surface area contributed by atoms with E-state index >= 15 is 0 Å². The molecule has 9 nitrogen and oxygen atoms in total. The maximum Gasteiger partial charge on any atom is 0.490 e. The molecule has 2 aliphatic rings. The minimum atomic E-state index is -5.08. The molecular formula is C24H28F4N4O5. The Labute approximate surface area is 210 Å². The summed E-state index contributed by atoms with van der Waals surface area (Å²) in [6.45, 7) is 2.53. The highest BCUT2D eigenvalue weighted by Crippen LogP contribution is 2.29. The number of hydrogen-bond acceptors (Lipinski definition) is 7. The van der Waals surface area contributed by atoms with Crippen molar-refractivity contribution < 1.29 is 41.7 Å². The topological polar surface area (TPSA) is 113 Å². The summed E-state index contributed by atoms with van der Waals surface area (Å²) in [4.78, 5) is 27.4. The number of carboxylic acid groups (broad SMARTS) is 1. The number of nitrogens with one attached hydrogen (secondary N) is 2. The Morgan fingerprint density at radius 2 is 2.00 bits per heavy atom. The number of alkyl halides is 3. The molecule has 3 heterocycles. The van der Waals surface area contributed by atoms with Crippen molar-refractivity contribution in [3.05, 3.63) is 53.3 Å². The Kier molecular flexibility index (Phi) is 9.64. The molecule has 2 aliphatic heterocycles. The monoisotopic (exact) mass is 528 g/mol. The molecule has 1 aromatic heterocycles. The van der Waals surface area contributed by atoms with Crippen LogP contribution >= 0.6 is 0 Å². The van der Waals surface area contributed by atoms with Gasteiger partial charge in [0.15, 0.2) is 11.6 Å². The first-order chi connectivity index (χ1) is 17.6. The van der Waals surface area contributed by atoms with Crippen LogP contribution in [-0.2, 0) is 20.9 Å². The number of aliphatic carboxylic acids is 1. The number of carbonyl (C=O) groups excluding carboxylic acids is 1. The second-order valence-electron chi connectivity index (χ2n) is 8.35. The van der Waals surface area contributed by atoms with Crippen LogP contribution in [0.3, 0.4) is 0 Å². The van der Waals surface area contributed by atoms with E-state index in [4.69, 9.17) is 19.4 Å². The van der Waals surface area contributed by atoms with Crippen LogP contribution in [0.5, 0.6) is 5.88 Å². The number of pyridine rings is 1. The Bertz CT molecular complexity index is 1070. The number of carboxylic acids is 1. The molecule has 2 aromatic rings. The van der Waals surface area contributed by atoms with Crippen molar-refractivity contribution in [3.8, 4) is 5.88 Å². The van der Waals surface area contributed by atoms with Crippen LogP contribution in [0.1, 0.15) is 30.1 Å². The predicted octanol–water partition coefficient (Wildman–Crippen LogP) is 2.81. The number of nitrogens with zero attached hydrogens (tertiary/aromatic N) is 2. The fourth-order valence-corrected chi connectivity index (χ4v) is 3.95. The van der Waals surface area contributed by atoms with Crippen molar-refractivity contribution in [1.29, 1.82) is 0 Å². The van der Waals surface area contributed by atoms with E-state index < -0.39 is 18.0 Å². The van der Waals surface area contributed by atoms with Gasteiger partial charge in [0.05, 0.1) is 19.8 Å². The van der Waals surface area contributed by atoms with E-state index in [9.17, 15) is 22.4 Å². The summed E-state index contributed by atoms with van der Waals surface area (Å²) in [6, 6.07) is 11.1. The van der Waals surface area contributed by atoms with Gasteiger partial charge in [-0.15, -0.1) is 0 Å². The van der Waals surface area contributed by atoms with Crippen LogP contribution in [0, 0.1) is 5.82 Å². The van der Waals surface area contributed by atoms with Crippen LogP contribution in [0.15, 0.2) is 36.4 Å². The maximum atomic E-state index is 15.0. The summed E-state index contributed by atoms with van der Waals surface area (Å²) < 4.78 is 58.0. The van der Waals surface area contributed by atoms with Crippen molar-refractivity contribution in [3.63, 3.8) is 0 Å². The van der Waals surface area contributed by atoms with Gasteiger partial charge in [-0.2, -0.15) is 18.2 Å². The first-order valence-corrected chi connectivity index (χ1v) is 11.6. The number of carbonyl (C=O) groups is 2. The lowest BCUT2D eigenvalue weighted by Crippen LogP contribution is -2.40. The van der Waals surface area contributed by atoms with Crippen molar-refractivity contribution in [1.82, 2.24) is 15.6 Å².